The second kappa shape index (κ2) is 11.6. The lowest BCUT2D eigenvalue weighted by molar-refractivity contribution is -0.140. The smallest absolute Gasteiger partial charge is 0.242 e. The molecule has 6 heteroatoms. The van der Waals surface area contributed by atoms with Gasteiger partial charge in [0.2, 0.25) is 11.8 Å². The van der Waals surface area contributed by atoms with Gasteiger partial charge in [-0.2, -0.15) is 0 Å². The van der Waals surface area contributed by atoms with Crippen LogP contribution >= 0.6 is 0 Å². The van der Waals surface area contributed by atoms with Crippen LogP contribution in [0.25, 0.3) is 0 Å². The van der Waals surface area contributed by atoms with Gasteiger partial charge in [-0.1, -0.05) is 42.5 Å². The number of carbonyl (C=O) groups is 2. The van der Waals surface area contributed by atoms with E-state index in [1.54, 1.807) is 31.3 Å². The molecule has 0 bridgehead atoms. The molecule has 0 aliphatic heterocycles. The van der Waals surface area contributed by atoms with Crippen LogP contribution in [0.2, 0.25) is 0 Å². The number of aryl methyl sites for hydroxylation is 1. The first-order valence-corrected chi connectivity index (χ1v) is 10.7. The van der Waals surface area contributed by atoms with Gasteiger partial charge >= 0.3 is 0 Å². The zero-order valence-electron chi connectivity index (χ0n) is 18.5. The standard InChI is InChI=1S/C26H29N3O3/c1-20(26(31)28-18-22-14-16-27-17-15-22)29(19-23-8-11-24(32-2)12-9-23)25(30)13-10-21-6-4-3-5-7-21/h3-9,11-12,14-17,20H,10,13,18-19H2,1-2H3,(H,28,31)/t20-/m1/s1. The average molecular weight is 432 g/mol. The molecule has 3 aromatic rings. The van der Waals surface area contributed by atoms with Crippen molar-refractivity contribution in [2.24, 2.45) is 0 Å². The normalized spacial score (nSPS) is 11.4. The van der Waals surface area contributed by atoms with E-state index < -0.39 is 6.04 Å². The predicted octanol–water partition coefficient (Wildman–Crippen LogP) is 3.76. The van der Waals surface area contributed by atoms with Crippen LogP contribution in [0.15, 0.2) is 79.1 Å². The second-order valence-electron chi connectivity index (χ2n) is 7.60. The molecule has 2 aromatic carbocycles. The highest BCUT2D eigenvalue weighted by Crippen LogP contribution is 2.16. The van der Waals surface area contributed by atoms with Crippen molar-refractivity contribution < 1.29 is 14.3 Å². The van der Waals surface area contributed by atoms with E-state index in [0.717, 1.165) is 22.4 Å². The molecule has 0 aliphatic rings. The third-order valence-electron chi connectivity index (χ3n) is 5.37. The summed E-state index contributed by atoms with van der Waals surface area (Å²) in [5.41, 5.74) is 2.99. The first-order valence-electron chi connectivity index (χ1n) is 10.7. The number of rotatable bonds is 10. The fourth-order valence-corrected chi connectivity index (χ4v) is 3.39. The number of amides is 2. The summed E-state index contributed by atoms with van der Waals surface area (Å²) in [5.74, 6) is 0.499. The van der Waals surface area contributed by atoms with Crippen molar-refractivity contribution in [2.45, 2.75) is 38.9 Å². The summed E-state index contributed by atoms with van der Waals surface area (Å²) in [7, 11) is 1.61. The molecule has 3 rings (SSSR count). The highest BCUT2D eigenvalue weighted by Gasteiger charge is 2.25. The Balaban J connectivity index is 1.69. The number of nitrogens with one attached hydrogen (secondary N) is 1. The summed E-state index contributed by atoms with van der Waals surface area (Å²) in [6, 6.07) is 20.5. The van der Waals surface area contributed by atoms with Crippen molar-refractivity contribution in [1.29, 1.82) is 0 Å². The van der Waals surface area contributed by atoms with Crippen molar-refractivity contribution in [3.8, 4) is 5.75 Å². The van der Waals surface area contributed by atoms with Gasteiger partial charge in [0.25, 0.3) is 0 Å². The monoisotopic (exact) mass is 431 g/mol. The second-order valence-corrected chi connectivity index (χ2v) is 7.60. The van der Waals surface area contributed by atoms with Crippen LogP contribution in [-0.4, -0.2) is 34.8 Å². The van der Waals surface area contributed by atoms with Gasteiger partial charge in [0, 0.05) is 31.9 Å². The maximum atomic E-state index is 13.2. The van der Waals surface area contributed by atoms with Crippen LogP contribution < -0.4 is 10.1 Å². The molecule has 2 amide bonds. The number of methoxy groups -OCH3 is 1. The summed E-state index contributed by atoms with van der Waals surface area (Å²) in [6.07, 6.45) is 4.34. The number of ether oxygens (including phenoxy) is 1. The summed E-state index contributed by atoms with van der Waals surface area (Å²) in [6.45, 7) is 2.51. The molecule has 0 radical (unpaired) electrons. The molecule has 0 saturated heterocycles. The number of benzene rings is 2. The van der Waals surface area contributed by atoms with Crippen LogP contribution in [0.5, 0.6) is 5.75 Å². The quantitative estimate of drug-likeness (QED) is 0.531. The average Bonchev–Trinajstić information content (AvgIpc) is 2.85. The van der Waals surface area contributed by atoms with E-state index in [4.69, 9.17) is 4.74 Å². The van der Waals surface area contributed by atoms with E-state index in [1.807, 2.05) is 66.7 Å². The van der Waals surface area contributed by atoms with Crippen LogP contribution in [0.4, 0.5) is 0 Å². The molecule has 0 fully saturated rings. The molecule has 1 atom stereocenters. The van der Waals surface area contributed by atoms with Gasteiger partial charge in [-0.3, -0.25) is 14.6 Å². The Labute approximate surface area is 189 Å². The molecular weight excluding hydrogens is 402 g/mol. The molecule has 0 unspecified atom stereocenters. The Morgan fingerprint density at radius 1 is 0.938 bits per heavy atom. The lowest BCUT2D eigenvalue weighted by Gasteiger charge is -2.29. The van der Waals surface area contributed by atoms with E-state index in [-0.39, 0.29) is 11.8 Å². The molecule has 32 heavy (non-hydrogen) atoms. The summed E-state index contributed by atoms with van der Waals surface area (Å²) in [4.78, 5) is 31.7. The van der Waals surface area contributed by atoms with Crippen LogP contribution in [0.1, 0.15) is 30.0 Å². The topological polar surface area (TPSA) is 71.5 Å². The molecular formula is C26H29N3O3. The maximum Gasteiger partial charge on any atom is 0.242 e. The molecule has 1 N–H and O–H groups in total. The Hall–Kier alpha value is -3.67. The zero-order chi connectivity index (χ0) is 22.8. The highest BCUT2D eigenvalue weighted by atomic mass is 16.5. The lowest BCUT2D eigenvalue weighted by atomic mass is 10.1. The lowest BCUT2D eigenvalue weighted by Crippen LogP contribution is -2.47. The Kier molecular flexibility index (Phi) is 8.37. The molecule has 166 valence electrons. The third-order valence-corrected chi connectivity index (χ3v) is 5.37. The van der Waals surface area contributed by atoms with E-state index >= 15 is 0 Å². The van der Waals surface area contributed by atoms with Crippen LogP contribution in [0, 0.1) is 0 Å². The summed E-state index contributed by atoms with van der Waals surface area (Å²) >= 11 is 0. The zero-order valence-corrected chi connectivity index (χ0v) is 18.5. The molecule has 0 spiro atoms. The van der Waals surface area contributed by atoms with Gasteiger partial charge in [-0.25, -0.2) is 0 Å². The minimum Gasteiger partial charge on any atom is -0.497 e. The Morgan fingerprint density at radius 2 is 1.62 bits per heavy atom. The van der Waals surface area contributed by atoms with Crippen molar-refractivity contribution in [1.82, 2.24) is 15.2 Å². The van der Waals surface area contributed by atoms with Gasteiger partial charge in [-0.15, -0.1) is 0 Å². The minimum absolute atomic E-state index is 0.0590. The minimum atomic E-state index is -0.609. The third kappa shape index (κ3) is 6.67. The molecule has 0 saturated carbocycles. The van der Waals surface area contributed by atoms with E-state index in [1.165, 1.54) is 0 Å². The molecule has 6 nitrogen and oxygen atoms in total. The number of pyridine rings is 1. The Bertz CT molecular complexity index is 992. The number of hydrogen-bond acceptors (Lipinski definition) is 4. The fraction of sp³-hybridized carbons (Fsp3) is 0.269. The van der Waals surface area contributed by atoms with E-state index in [0.29, 0.717) is 25.9 Å². The van der Waals surface area contributed by atoms with Gasteiger partial charge in [-0.05, 0) is 54.3 Å². The number of hydrogen-bond donors (Lipinski definition) is 1. The Morgan fingerprint density at radius 3 is 2.28 bits per heavy atom. The number of aromatic nitrogens is 1. The van der Waals surface area contributed by atoms with Crippen LogP contribution in [-0.2, 0) is 29.1 Å². The largest absolute Gasteiger partial charge is 0.497 e. The first kappa shape index (κ1) is 23.0. The fourth-order valence-electron chi connectivity index (χ4n) is 3.39. The van der Waals surface area contributed by atoms with Gasteiger partial charge < -0.3 is 15.0 Å². The maximum absolute atomic E-state index is 13.2. The van der Waals surface area contributed by atoms with Gasteiger partial charge in [0.1, 0.15) is 11.8 Å². The molecule has 1 heterocycles. The molecule has 0 aliphatic carbocycles. The predicted molar refractivity (Wildman–Crippen MR) is 124 cm³/mol. The van der Waals surface area contributed by atoms with Crippen molar-refractivity contribution in [3.05, 3.63) is 95.8 Å². The SMILES string of the molecule is COc1ccc(CN(C(=O)CCc2ccccc2)[C@H](C)C(=O)NCc2ccncc2)cc1. The van der Waals surface area contributed by atoms with Crippen molar-refractivity contribution in [3.63, 3.8) is 0 Å². The highest BCUT2D eigenvalue weighted by molar-refractivity contribution is 5.87. The van der Waals surface area contributed by atoms with E-state index in [2.05, 4.69) is 10.3 Å². The van der Waals surface area contributed by atoms with Crippen molar-refractivity contribution >= 4 is 11.8 Å². The van der Waals surface area contributed by atoms with Gasteiger partial charge in [0.15, 0.2) is 0 Å². The van der Waals surface area contributed by atoms with E-state index in [9.17, 15) is 9.59 Å². The number of carbonyl (C=O) groups excluding carboxylic acids is 2. The van der Waals surface area contributed by atoms with Crippen LogP contribution in [0.3, 0.4) is 0 Å². The number of nitrogens with zero attached hydrogens (tertiary/aromatic N) is 2. The first-order chi connectivity index (χ1) is 15.6. The van der Waals surface area contributed by atoms with Gasteiger partial charge in [0.05, 0.1) is 7.11 Å². The molecule has 1 aromatic heterocycles. The summed E-state index contributed by atoms with van der Waals surface area (Å²) < 4.78 is 5.22. The summed E-state index contributed by atoms with van der Waals surface area (Å²) in [5, 5.41) is 2.93. The van der Waals surface area contributed by atoms with Crippen molar-refractivity contribution in [2.75, 3.05) is 7.11 Å².